The highest BCUT2D eigenvalue weighted by atomic mass is 35.5. The summed E-state index contributed by atoms with van der Waals surface area (Å²) in [7, 11) is 0. The molecule has 1 amide bonds. The number of hydrazone groups is 1. The van der Waals surface area contributed by atoms with E-state index in [1.807, 2.05) is 30.3 Å². The molecule has 0 aliphatic rings. The largest absolute Gasteiger partial charge is 0.494 e. The molecular formula is C29H24Cl2N2O4. The van der Waals surface area contributed by atoms with Crippen molar-refractivity contribution in [2.45, 2.75) is 19.8 Å². The molecule has 0 spiro atoms. The standard InChI is InChI=1S/C29H24Cl2N2O4/c1-2-3-16-36-22-12-8-20(9-13-22)28(34)33-32-18-25-23-7-5-4-6-19(23)10-15-27(25)37-29(35)24-14-11-21(30)17-26(24)31/h4-15,17-18H,2-3,16H2,1H3,(H,33,34)/b32-18+. The molecule has 0 saturated heterocycles. The van der Waals surface area contributed by atoms with Crippen LogP contribution in [0.3, 0.4) is 0 Å². The number of hydrogen-bond donors (Lipinski definition) is 1. The molecular weight excluding hydrogens is 511 g/mol. The Bertz CT molecular complexity index is 1450. The Morgan fingerprint density at radius 3 is 2.51 bits per heavy atom. The maximum Gasteiger partial charge on any atom is 0.345 e. The number of esters is 1. The summed E-state index contributed by atoms with van der Waals surface area (Å²) in [5.74, 6) is -0.0576. The van der Waals surface area contributed by atoms with E-state index in [4.69, 9.17) is 32.7 Å². The molecule has 4 aromatic rings. The smallest absolute Gasteiger partial charge is 0.345 e. The quantitative estimate of drug-likeness (QED) is 0.0802. The van der Waals surface area contributed by atoms with E-state index in [0.29, 0.717) is 28.5 Å². The third kappa shape index (κ3) is 6.67. The molecule has 0 bridgehead atoms. The number of benzene rings is 4. The summed E-state index contributed by atoms with van der Waals surface area (Å²) in [5.41, 5.74) is 3.66. The van der Waals surface area contributed by atoms with E-state index >= 15 is 0 Å². The van der Waals surface area contributed by atoms with Crippen molar-refractivity contribution in [2.75, 3.05) is 6.61 Å². The number of hydrogen-bond acceptors (Lipinski definition) is 5. The van der Waals surface area contributed by atoms with Crippen LogP contribution in [-0.4, -0.2) is 24.7 Å². The van der Waals surface area contributed by atoms with Gasteiger partial charge in [-0.2, -0.15) is 5.10 Å². The summed E-state index contributed by atoms with van der Waals surface area (Å²) in [4.78, 5) is 25.4. The molecule has 37 heavy (non-hydrogen) atoms. The number of carbonyl (C=O) groups excluding carboxylic acids is 2. The van der Waals surface area contributed by atoms with Crippen LogP contribution in [0.2, 0.25) is 10.0 Å². The van der Waals surface area contributed by atoms with E-state index in [1.54, 1.807) is 36.4 Å². The number of fused-ring (bicyclic) bond motifs is 1. The minimum Gasteiger partial charge on any atom is -0.494 e. The second-order valence-corrected chi connectivity index (χ2v) is 8.98. The Morgan fingerprint density at radius 2 is 1.76 bits per heavy atom. The average molecular weight is 535 g/mol. The molecule has 4 rings (SSSR count). The van der Waals surface area contributed by atoms with Gasteiger partial charge in [-0.3, -0.25) is 4.79 Å². The average Bonchev–Trinajstić information content (AvgIpc) is 2.90. The van der Waals surface area contributed by atoms with Gasteiger partial charge in [-0.05, 0) is 65.7 Å². The van der Waals surface area contributed by atoms with Crippen molar-refractivity contribution in [3.63, 3.8) is 0 Å². The van der Waals surface area contributed by atoms with Crippen LogP contribution in [0.5, 0.6) is 11.5 Å². The lowest BCUT2D eigenvalue weighted by molar-refractivity contribution is 0.0734. The number of rotatable bonds is 9. The van der Waals surface area contributed by atoms with Gasteiger partial charge in [0.2, 0.25) is 0 Å². The molecule has 0 unspecified atom stereocenters. The summed E-state index contributed by atoms with van der Waals surface area (Å²) in [6.45, 7) is 2.73. The van der Waals surface area contributed by atoms with Gasteiger partial charge in [-0.15, -0.1) is 0 Å². The molecule has 0 heterocycles. The molecule has 8 heteroatoms. The third-order valence-electron chi connectivity index (χ3n) is 5.53. The van der Waals surface area contributed by atoms with E-state index in [1.165, 1.54) is 18.3 Å². The fraction of sp³-hybridized carbons (Fsp3) is 0.138. The van der Waals surface area contributed by atoms with Gasteiger partial charge in [0.15, 0.2) is 0 Å². The van der Waals surface area contributed by atoms with Crippen LogP contribution in [0.4, 0.5) is 0 Å². The monoisotopic (exact) mass is 534 g/mol. The van der Waals surface area contributed by atoms with Gasteiger partial charge in [0.05, 0.1) is 23.4 Å². The molecule has 0 saturated carbocycles. The van der Waals surface area contributed by atoms with E-state index in [9.17, 15) is 9.59 Å². The highest BCUT2D eigenvalue weighted by Crippen LogP contribution is 2.29. The number of halogens is 2. The maximum atomic E-state index is 12.8. The van der Waals surface area contributed by atoms with E-state index in [0.717, 1.165) is 23.6 Å². The normalized spacial score (nSPS) is 11.0. The van der Waals surface area contributed by atoms with Crippen LogP contribution < -0.4 is 14.9 Å². The topological polar surface area (TPSA) is 77.0 Å². The van der Waals surface area contributed by atoms with Gasteiger partial charge >= 0.3 is 5.97 Å². The van der Waals surface area contributed by atoms with E-state index in [-0.39, 0.29) is 22.2 Å². The number of nitrogens with one attached hydrogen (secondary N) is 1. The highest BCUT2D eigenvalue weighted by molar-refractivity contribution is 6.36. The zero-order valence-corrected chi connectivity index (χ0v) is 21.6. The fourth-order valence-electron chi connectivity index (χ4n) is 3.56. The fourth-order valence-corrected chi connectivity index (χ4v) is 4.05. The molecule has 0 aliphatic carbocycles. The zero-order chi connectivity index (χ0) is 26.2. The van der Waals surface area contributed by atoms with Crippen molar-refractivity contribution in [2.24, 2.45) is 5.10 Å². The van der Waals surface area contributed by atoms with Crippen molar-refractivity contribution in [1.29, 1.82) is 0 Å². The Labute approximate surface area is 224 Å². The van der Waals surface area contributed by atoms with Crippen molar-refractivity contribution in [3.05, 3.63) is 106 Å². The first kappa shape index (κ1) is 26.2. The zero-order valence-electron chi connectivity index (χ0n) is 20.0. The molecule has 4 aromatic carbocycles. The SMILES string of the molecule is CCCCOc1ccc(C(=O)N/N=C/c2c(OC(=O)c3ccc(Cl)cc3Cl)ccc3ccccc23)cc1. The first-order valence-electron chi connectivity index (χ1n) is 11.7. The van der Waals surface area contributed by atoms with Crippen LogP contribution in [0.15, 0.2) is 84.0 Å². The predicted molar refractivity (Wildman–Crippen MR) is 147 cm³/mol. The molecule has 0 radical (unpaired) electrons. The molecule has 0 aromatic heterocycles. The third-order valence-corrected chi connectivity index (χ3v) is 6.08. The molecule has 0 atom stereocenters. The van der Waals surface area contributed by atoms with Crippen molar-refractivity contribution < 1.29 is 19.1 Å². The maximum absolute atomic E-state index is 12.8. The van der Waals surface area contributed by atoms with E-state index in [2.05, 4.69) is 17.5 Å². The Hall–Kier alpha value is -3.87. The second-order valence-electron chi connectivity index (χ2n) is 8.14. The summed E-state index contributed by atoms with van der Waals surface area (Å²) >= 11 is 12.1. The number of nitrogens with zero attached hydrogens (tertiary/aromatic N) is 1. The van der Waals surface area contributed by atoms with Gasteiger partial charge in [-0.25, -0.2) is 10.2 Å². The van der Waals surface area contributed by atoms with Crippen LogP contribution in [0.25, 0.3) is 10.8 Å². The van der Waals surface area contributed by atoms with Crippen LogP contribution in [0.1, 0.15) is 46.0 Å². The first-order chi connectivity index (χ1) is 18.0. The molecule has 6 nitrogen and oxygen atoms in total. The Morgan fingerprint density at radius 1 is 0.973 bits per heavy atom. The number of unbranched alkanes of at least 4 members (excludes halogenated alkanes) is 1. The number of ether oxygens (including phenoxy) is 2. The summed E-state index contributed by atoms with van der Waals surface area (Å²) < 4.78 is 11.3. The van der Waals surface area contributed by atoms with Gasteiger partial charge in [0, 0.05) is 16.1 Å². The minimum atomic E-state index is -0.642. The number of amides is 1. The van der Waals surface area contributed by atoms with Crippen molar-refractivity contribution in [3.8, 4) is 11.5 Å². The summed E-state index contributed by atoms with van der Waals surface area (Å²) in [6.07, 6.45) is 3.47. The van der Waals surface area contributed by atoms with Gasteiger partial charge in [-0.1, -0.05) is 66.9 Å². The van der Waals surface area contributed by atoms with Gasteiger partial charge < -0.3 is 9.47 Å². The Balaban J connectivity index is 1.53. The lowest BCUT2D eigenvalue weighted by Crippen LogP contribution is -2.17. The Kier molecular flexibility index (Phi) is 8.77. The lowest BCUT2D eigenvalue weighted by atomic mass is 10.0. The summed E-state index contributed by atoms with van der Waals surface area (Å²) in [6, 6.07) is 22.5. The summed E-state index contributed by atoms with van der Waals surface area (Å²) in [5, 5.41) is 6.43. The molecule has 0 aliphatic heterocycles. The van der Waals surface area contributed by atoms with Crippen molar-refractivity contribution in [1.82, 2.24) is 5.43 Å². The van der Waals surface area contributed by atoms with Crippen LogP contribution >= 0.6 is 23.2 Å². The number of carbonyl (C=O) groups is 2. The van der Waals surface area contributed by atoms with Crippen molar-refractivity contribution >= 4 is 52.1 Å². The van der Waals surface area contributed by atoms with Gasteiger partial charge in [0.1, 0.15) is 11.5 Å². The van der Waals surface area contributed by atoms with E-state index < -0.39 is 5.97 Å². The highest BCUT2D eigenvalue weighted by Gasteiger charge is 2.16. The van der Waals surface area contributed by atoms with Gasteiger partial charge in [0.25, 0.3) is 5.91 Å². The lowest BCUT2D eigenvalue weighted by Gasteiger charge is -2.11. The minimum absolute atomic E-state index is 0.178. The second kappa shape index (κ2) is 12.4. The predicted octanol–water partition coefficient (Wildman–Crippen LogP) is 7.31. The van der Waals surface area contributed by atoms with Crippen LogP contribution in [0, 0.1) is 0 Å². The van der Waals surface area contributed by atoms with Crippen LogP contribution in [-0.2, 0) is 0 Å². The molecule has 188 valence electrons. The molecule has 1 N–H and O–H groups in total. The first-order valence-corrected chi connectivity index (χ1v) is 12.5. The molecule has 0 fully saturated rings.